The van der Waals surface area contributed by atoms with Crippen molar-refractivity contribution in [3.8, 4) is 0 Å². The number of nitrogen functional groups attached to an aromatic ring is 1. The molecule has 2 N–H and O–H groups in total. The molecule has 3 atom stereocenters. The molecule has 1 heterocycles. The van der Waals surface area contributed by atoms with E-state index in [0.717, 1.165) is 12.1 Å². The van der Waals surface area contributed by atoms with E-state index in [-0.39, 0.29) is 29.2 Å². The van der Waals surface area contributed by atoms with Crippen molar-refractivity contribution in [2.45, 2.75) is 71.9 Å². The first-order valence-electron chi connectivity index (χ1n) is 10.4. The minimum atomic E-state index is -0.499. The zero-order valence-corrected chi connectivity index (χ0v) is 18.6. The number of anilines is 1. The van der Waals surface area contributed by atoms with E-state index in [1.165, 1.54) is 24.3 Å². The van der Waals surface area contributed by atoms with Crippen LogP contribution in [0.25, 0.3) is 0 Å². The Bertz CT molecular complexity index is 884. The third-order valence-corrected chi connectivity index (χ3v) is 5.19. The van der Waals surface area contributed by atoms with Gasteiger partial charge >= 0.3 is 5.97 Å². The smallest absolute Gasteiger partial charge is 0.338 e. The van der Waals surface area contributed by atoms with Gasteiger partial charge < -0.3 is 10.5 Å². The third kappa shape index (κ3) is 5.17. The molecule has 1 fully saturated rings. The molecule has 30 heavy (non-hydrogen) atoms. The second kappa shape index (κ2) is 9.28. The van der Waals surface area contributed by atoms with E-state index in [1.807, 2.05) is 45.4 Å². The number of carbonyl (C=O) groups excluding carboxylic acids is 1. The maximum Gasteiger partial charge on any atom is 0.338 e. The van der Waals surface area contributed by atoms with Crippen molar-refractivity contribution in [1.82, 2.24) is 9.78 Å². The molecule has 1 aromatic carbocycles. The highest BCUT2D eigenvalue weighted by Crippen LogP contribution is 2.40. The molecular formula is C22H32N4O4. The molecule has 8 heteroatoms. The summed E-state index contributed by atoms with van der Waals surface area (Å²) in [6, 6.07) is 7.36. The molecule has 1 aliphatic rings. The van der Waals surface area contributed by atoms with Gasteiger partial charge in [0.05, 0.1) is 21.7 Å². The number of nitro benzene ring substituents is 1. The van der Waals surface area contributed by atoms with Crippen LogP contribution in [0.3, 0.4) is 0 Å². The molecule has 164 valence electrons. The fraction of sp³-hybridized carbons (Fsp3) is 0.545. The summed E-state index contributed by atoms with van der Waals surface area (Å²) in [6.45, 7) is 12.2. The molecule has 1 aromatic heterocycles. The lowest BCUT2D eigenvalue weighted by molar-refractivity contribution is -0.384. The molecular weight excluding hydrogens is 384 g/mol. The number of nitrogens with two attached hydrogens (primary N) is 1. The molecule has 0 bridgehead atoms. The molecule has 1 saturated carbocycles. The van der Waals surface area contributed by atoms with Crippen molar-refractivity contribution in [3.05, 3.63) is 51.7 Å². The average molecular weight is 417 g/mol. The molecule has 1 aliphatic carbocycles. The topological polar surface area (TPSA) is 113 Å². The summed E-state index contributed by atoms with van der Waals surface area (Å²) in [4.78, 5) is 22.7. The number of rotatable bonds is 4. The van der Waals surface area contributed by atoms with Crippen LogP contribution >= 0.6 is 0 Å². The van der Waals surface area contributed by atoms with Crippen molar-refractivity contribution in [2.75, 3.05) is 5.73 Å². The van der Waals surface area contributed by atoms with E-state index in [1.54, 1.807) is 0 Å². The van der Waals surface area contributed by atoms with E-state index in [4.69, 9.17) is 10.5 Å². The van der Waals surface area contributed by atoms with E-state index >= 15 is 0 Å². The Labute approximate surface area is 177 Å². The Morgan fingerprint density at radius 2 is 1.83 bits per heavy atom. The summed E-state index contributed by atoms with van der Waals surface area (Å²) in [5.41, 5.74) is 7.10. The minimum Gasteiger partial charge on any atom is -0.458 e. The van der Waals surface area contributed by atoms with Crippen LogP contribution in [0, 0.1) is 16.0 Å². The number of aromatic nitrogens is 2. The van der Waals surface area contributed by atoms with Crippen molar-refractivity contribution in [1.29, 1.82) is 0 Å². The van der Waals surface area contributed by atoms with Crippen LogP contribution in [0.1, 0.15) is 76.4 Å². The fourth-order valence-electron chi connectivity index (χ4n) is 3.69. The molecule has 0 spiro atoms. The molecule has 3 unspecified atom stereocenters. The zero-order valence-electron chi connectivity index (χ0n) is 18.6. The first-order valence-corrected chi connectivity index (χ1v) is 10.4. The number of nitrogens with zero attached hydrogens (tertiary/aromatic N) is 3. The Hall–Kier alpha value is -2.90. The van der Waals surface area contributed by atoms with Gasteiger partial charge in [-0.3, -0.25) is 10.1 Å². The minimum absolute atomic E-state index is 0.0575. The number of carbonyl (C=O) groups is 1. The predicted octanol–water partition coefficient (Wildman–Crippen LogP) is 4.89. The monoisotopic (exact) mass is 416 g/mol. The van der Waals surface area contributed by atoms with Gasteiger partial charge in [0.25, 0.3) is 5.69 Å². The van der Waals surface area contributed by atoms with Gasteiger partial charge in [0.15, 0.2) is 0 Å². The summed E-state index contributed by atoms with van der Waals surface area (Å²) >= 11 is 0. The lowest BCUT2D eigenvalue weighted by Gasteiger charge is -2.20. The first kappa shape index (κ1) is 23.4. The lowest BCUT2D eigenvalue weighted by atomic mass is 10.0. The van der Waals surface area contributed by atoms with Gasteiger partial charge in [0.1, 0.15) is 11.9 Å². The van der Waals surface area contributed by atoms with Crippen LogP contribution in [0.15, 0.2) is 30.3 Å². The maximum absolute atomic E-state index is 12.4. The molecule has 0 amide bonds. The van der Waals surface area contributed by atoms with Gasteiger partial charge in [-0.2, -0.15) is 5.10 Å². The van der Waals surface area contributed by atoms with Crippen LogP contribution in [0.2, 0.25) is 0 Å². The van der Waals surface area contributed by atoms with Crippen molar-refractivity contribution in [3.63, 3.8) is 0 Å². The van der Waals surface area contributed by atoms with Crippen molar-refractivity contribution < 1.29 is 14.5 Å². The number of nitro groups is 1. The van der Waals surface area contributed by atoms with Crippen molar-refractivity contribution in [2.24, 2.45) is 5.92 Å². The number of ether oxygens (including phenoxy) is 1. The summed E-state index contributed by atoms with van der Waals surface area (Å²) in [7, 11) is 0. The summed E-state index contributed by atoms with van der Waals surface area (Å²) in [5.74, 6) is 0.525. The normalized spacial score (nSPS) is 20.9. The van der Waals surface area contributed by atoms with E-state index in [9.17, 15) is 14.9 Å². The quantitative estimate of drug-likeness (QED) is 0.431. The van der Waals surface area contributed by atoms with Gasteiger partial charge in [-0.1, -0.05) is 20.8 Å². The predicted molar refractivity (Wildman–Crippen MR) is 116 cm³/mol. The highest BCUT2D eigenvalue weighted by atomic mass is 16.6. The second-order valence-corrected chi connectivity index (χ2v) is 8.47. The number of hydrogen-bond acceptors (Lipinski definition) is 6. The van der Waals surface area contributed by atoms with Crippen LogP contribution in [-0.2, 0) is 10.3 Å². The van der Waals surface area contributed by atoms with Crippen LogP contribution in [-0.4, -0.2) is 26.8 Å². The molecule has 2 aromatic rings. The molecule has 3 rings (SSSR count). The zero-order chi connectivity index (χ0) is 22.6. The van der Waals surface area contributed by atoms with Gasteiger partial charge in [-0.15, -0.1) is 0 Å². The average Bonchev–Trinajstić information content (AvgIpc) is 3.26. The lowest BCUT2D eigenvalue weighted by Crippen LogP contribution is -2.25. The number of esters is 1. The SMILES string of the molecule is CC.CC1CC(c2cc(N)n(C(C)(C)C)n2)CC1OC(=O)c1ccc([N+](=O)[O-])cc1. The molecule has 0 radical (unpaired) electrons. The Morgan fingerprint density at radius 1 is 1.23 bits per heavy atom. The van der Waals surface area contributed by atoms with Gasteiger partial charge in [-0.25, -0.2) is 9.48 Å². The summed E-state index contributed by atoms with van der Waals surface area (Å²) in [5, 5.41) is 15.4. The maximum atomic E-state index is 12.4. The first-order chi connectivity index (χ1) is 14.1. The standard InChI is InChI=1S/C20H26N4O4.C2H6/c1-12-9-14(16-11-18(21)23(22-16)20(2,3)4)10-17(12)28-19(25)13-5-7-15(8-6-13)24(26)27;1-2/h5-8,11-12,14,17H,9-10,21H2,1-4H3;1-2H3. The fourth-order valence-corrected chi connectivity index (χ4v) is 3.69. The van der Waals surface area contributed by atoms with Crippen LogP contribution in [0.5, 0.6) is 0 Å². The van der Waals surface area contributed by atoms with Gasteiger partial charge in [0.2, 0.25) is 0 Å². The van der Waals surface area contributed by atoms with Crippen LogP contribution in [0.4, 0.5) is 11.5 Å². The third-order valence-electron chi connectivity index (χ3n) is 5.19. The van der Waals surface area contributed by atoms with Crippen molar-refractivity contribution >= 4 is 17.5 Å². The number of hydrogen-bond donors (Lipinski definition) is 1. The van der Waals surface area contributed by atoms with Gasteiger partial charge in [-0.05, 0) is 51.7 Å². The highest BCUT2D eigenvalue weighted by molar-refractivity contribution is 5.89. The molecule has 8 nitrogen and oxygen atoms in total. The van der Waals surface area contributed by atoms with E-state index < -0.39 is 10.9 Å². The Kier molecular flexibility index (Phi) is 7.23. The summed E-state index contributed by atoms with van der Waals surface area (Å²) < 4.78 is 7.51. The Morgan fingerprint density at radius 3 is 2.33 bits per heavy atom. The highest BCUT2D eigenvalue weighted by Gasteiger charge is 2.37. The van der Waals surface area contributed by atoms with E-state index in [2.05, 4.69) is 12.0 Å². The number of non-ortho nitro benzene ring substituents is 1. The molecule has 0 saturated heterocycles. The Balaban J connectivity index is 0.00000155. The van der Waals surface area contributed by atoms with Gasteiger partial charge in [0, 0.05) is 24.1 Å². The number of benzene rings is 1. The van der Waals surface area contributed by atoms with Crippen LogP contribution < -0.4 is 5.73 Å². The second-order valence-electron chi connectivity index (χ2n) is 8.47. The molecule has 0 aliphatic heterocycles. The summed E-state index contributed by atoms with van der Waals surface area (Å²) in [6.07, 6.45) is 1.31. The largest absolute Gasteiger partial charge is 0.458 e. The van der Waals surface area contributed by atoms with E-state index in [0.29, 0.717) is 17.8 Å².